The van der Waals surface area contributed by atoms with Crippen LogP contribution in [0.15, 0.2) is 36.7 Å². The van der Waals surface area contributed by atoms with Gasteiger partial charge in [0.2, 0.25) is 0 Å². The average molecular weight is 289 g/mol. The maximum absolute atomic E-state index is 11.0. The van der Waals surface area contributed by atoms with E-state index in [2.05, 4.69) is 9.88 Å². The van der Waals surface area contributed by atoms with Crippen LogP contribution in [-0.4, -0.2) is 21.0 Å². The molecule has 1 aromatic carbocycles. The summed E-state index contributed by atoms with van der Waals surface area (Å²) in [5, 5.41) is 9.68. The van der Waals surface area contributed by atoms with Gasteiger partial charge in [0.1, 0.15) is 0 Å². The number of hydrogen-bond donors (Lipinski definition) is 1. The molecule has 5 heteroatoms. The predicted molar refractivity (Wildman–Crippen MR) is 75.6 cm³/mol. The lowest BCUT2D eigenvalue weighted by atomic mass is 10.1. The summed E-state index contributed by atoms with van der Waals surface area (Å²) in [7, 11) is 0. The molecule has 20 heavy (non-hydrogen) atoms. The topological polar surface area (TPSA) is 53.4 Å². The summed E-state index contributed by atoms with van der Waals surface area (Å²) in [5.41, 5.74) is 3.63. The SMILES string of the molecule is O=C(O)c1ccc2c(c1)CN(Cc1ccncc1Cl)C2. The highest BCUT2D eigenvalue weighted by Gasteiger charge is 2.20. The highest BCUT2D eigenvalue weighted by Crippen LogP contribution is 2.26. The van der Waals surface area contributed by atoms with Crippen molar-refractivity contribution >= 4 is 17.6 Å². The van der Waals surface area contributed by atoms with Crippen molar-refractivity contribution in [1.29, 1.82) is 0 Å². The number of carboxylic acid groups (broad SMARTS) is 1. The van der Waals surface area contributed by atoms with E-state index < -0.39 is 5.97 Å². The number of rotatable bonds is 3. The van der Waals surface area contributed by atoms with Gasteiger partial charge in [0, 0.05) is 32.0 Å². The predicted octanol–water partition coefficient (Wildman–Crippen LogP) is 2.95. The Bertz CT molecular complexity index is 673. The molecule has 102 valence electrons. The zero-order valence-electron chi connectivity index (χ0n) is 10.7. The van der Waals surface area contributed by atoms with Crippen molar-refractivity contribution in [2.24, 2.45) is 0 Å². The first kappa shape index (κ1) is 13.1. The van der Waals surface area contributed by atoms with Gasteiger partial charge in [0.25, 0.3) is 0 Å². The Labute approximate surface area is 121 Å². The zero-order valence-corrected chi connectivity index (χ0v) is 11.5. The fourth-order valence-electron chi connectivity index (χ4n) is 2.48. The molecule has 1 aliphatic heterocycles. The normalized spacial score (nSPS) is 14.2. The summed E-state index contributed by atoms with van der Waals surface area (Å²) in [6.45, 7) is 2.29. The maximum atomic E-state index is 11.0. The Kier molecular flexibility index (Phi) is 3.42. The lowest BCUT2D eigenvalue weighted by molar-refractivity contribution is 0.0696. The Morgan fingerprint density at radius 3 is 2.85 bits per heavy atom. The molecule has 4 nitrogen and oxygen atoms in total. The summed E-state index contributed by atoms with van der Waals surface area (Å²) in [6.07, 6.45) is 3.37. The van der Waals surface area contributed by atoms with E-state index in [1.165, 1.54) is 5.56 Å². The largest absolute Gasteiger partial charge is 0.478 e. The molecular formula is C15H13ClN2O2. The van der Waals surface area contributed by atoms with Gasteiger partial charge in [-0.25, -0.2) is 4.79 Å². The van der Waals surface area contributed by atoms with Crippen LogP contribution in [0.2, 0.25) is 5.02 Å². The highest BCUT2D eigenvalue weighted by atomic mass is 35.5. The standard InChI is InChI=1S/C15H13ClN2O2/c16-14-6-17-4-3-12(14)8-18-7-11-2-1-10(15(19)20)5-13(11)9-18/h1-6H,7-9H2,(H,19,20). The molecule has 0 fully saturated rings. The Hall–Kier alpha value is -1.91. The van der Waals surface area contributed by atoms with Gasteiger partial charge in [-0.15, -0.1) is 0 Å². The van der Waals surface area contributed by atoms with Crippen LogP contribution in [0.4, 0.5) is 0 Å². The first-order valence-corrected chi connectivity index (χ1v) is 6.67. The minimum atomic E-state index is -0.886. The van der Waals surface area contributed by atoms with E-state index in [0.29, 0.717) is 10.6 Å². The van der Waals surface area contributed by atoms with E-state index in [0.717, 1.165) is 30.8 Å². The summed E-state index contributed by atoms with van der Waals surface area (Å²) < 4.78 is 0. The van der Waals surface area contributed by atoms with Gasteiger partial charge >= 0.3 is 5.97 Å². The Morgan fingerprint density at radius 2 is 2.10 bits per heavy atom. The number of nitrogens with zero attached hydrogens (tertiary/aromatic N) is 2. The molecule has 0 atom stereocenters. The molecule has 2 aromatic rings. The van der Waals surface area contributed by atoms with Crippen LogP contribution < -0.4 is 0 Å². The van der Waals surface area contributed by atoms with Crippen LogP contribution in [-0.2, 0) is 19.6 Å². The molecule has 0 radical (unpaired) electrons. The number of pyridine rings is 1. The van der Waals surface area contributed by atoms with Crippen molar-refractivity contribution in [1.82, 2.24) is 9.88 Å². The lowest BCUT2D eigenvalue weighted by Crippen LogP contribution is -2.15. The fraction of sp³-hybridized carbons (Fsp3) is 0.200. The Morgan fingerprint density at radius 1 is 1.30 bits per heavy atom. The van der Waals surface area contributed by atoms with Crippen LogP contribution in [0.25, 0.3) is 0 Å². The third kappa shape index (κ3) is 2.53. The van der Waals surface area contributed by atoms with Gasteiger partial charge in [-0.2, -0.15) is 0 Å². The molecule has 1 aromatic heterocycles. The molecular weight excluding hydrogens is 276 g/mol. The Balaban J connectivity index is 1.77. The van der Waals surface area contributed by atoms with E-state index in [4.69, 9.17) is 16.7 Å². The van der Waals surface area contributed by atoms with E-state index in [9.17, 15) is 4.79 Å². The molecule has 3 rings (SSSR count). The van der Waals surface area contributed by atoms with E-state index >= 15 is 0 Å². The first-order chi connectivity index (χ1) is 9.63. The van der Waals surface area contributed by atoms with E-state index in [-0.39, 0.29) is 0 Å². The second kappa shape index (κ2) is 5.23. The lowest BCUT2D eigenvalue weighted by Gasteiger charge is -2.15. The number of carboxylic acids is 1. The summed E-state index contributed by atoms with van der Waals surface area (Å²) in [4.78, 5) is 17.2. The summed E-state index contributed by atoms with van der Waals surface area (Å²) in [6, 6.07) is 7.22. The number of halogens is 1. The van der Waals surface area contributed by atoms with E-state index in [1.807, 2.05) is 12.1 Å². The van der Waals surface area contributed by atoms with Crippen molar-refractivity contribution in [2.45, 2.75) is 19.6 Å². The minimum absolute atomic E-state index is 0.340. The van der Waals surface area contributed by atoms with Crippen LogP contribution in [0, 0.1) is 0 Å². The smallest absolute Gasteiger partial charge is 0.335 e. The molecule has 0 bridgehead atoms. The van der Waals surface area contributed by atoms with Crippen molar-refractivity contribution in [3.05, 3.63) is 63.9 Å². The second-order valence-electron chi connectivity index (χ2n) is 4.90. The van der Waals surface area contributed by atoms with Crippen LogP contribution in [0.5, 0.6) is 0 Å². The third-order valence-electron chi connectivity index (χ3n) is 3.49. The number of aromatic nitrogens is 1. The molecule has 0 spiro atoms. The molecule has 0 amide bonds. The molecule has 0 saturated heterocycles. The van der Waals surface area contributed by atoms with Crippen LogP contribution in [0.1, 0.15) is 27.0 Å². The monoisotopic (exact) mass is 288 g/mol. The van der Waals surface area contributed by atoms with Crippen LogP contribution in [0.3, 0.4) is 0 Å². The van der Waals surface area contributed by atoms with Gasteiger partial charge in [-0.1, -0.05) is 17.7 Å². The summed E-state index contributed by atoms with van der Waals surface area (Å²) >= 11 is 6.11. The van der Waals surface area contributed by atoms with Crippen molar-refractivity contribution < 1.29 is 9.90 Å². The number of fused-ring (bicyclic) bond motifs is 1. The van der Waals surface area contributed by atoms with E-state index in [1.54, 1.807) is 24.5 Å². The molecule has 1 aliphatic rings. The van der Waals surface area contributed by atoms with Gasteiger partial charge in [0.15, 0.2) is 0 Å². The fourth-order valence-corrected chi connectivity index (χ4v) is 2.66. The van der Waals surface area contributed by atoms with Gasteiger partial charge in [0.05, 0.1) is 10.6 Å². The van der Waals surface area contributed by atoms with Gasteiger partial charge in [-0.3, -0.25) is 9.88 Å². The third-order valence-corrected chi connectivity index (χ3v) is 3.83. The number of carbonyl (C=O) groups is 1. The molecule has 0 saturated carbocycles. The van der Waals surface area contributed by atoms with Crippen molar-refractivity contribution in [2.75, 3.05) is 0 Å². The number of aromatic carboxylic acids is 1. The van der Waals surface area contributed by atoms with Crippen LogP contribution >= 0.6 is 11.6 Å². The quantitative estimate of drug-likeness (QED) is 0.943. The maximum Gasteiger partial charge on any atom is 0.335 e. The minimum Gasteiger partial charge on any atom is -0.478 e. The van der Waals surface area contributed by atoms with Gasteiger partial charge in [-0.05, 0) is 34.9 Å². The number of benzene rings is 1. The average Bonchev–Trinajstić information content (AvgIpc) is 2.82. The second-order valence-corrected chi connectivity index (χ2v) is 5.31. The van der Waals surface area contributed by atoms with Gasteiger partial charge < -0.3 is 5.11 Å². The summed E-state index contributed by atoms with van der Waals surface area (Å²) in [5.74, 6) is -0.886. The molecule has 2 heterocycles. The zero-order chi connectivity index (χ0) is 14.1. The molecule has 0 aliphatic carbocycles. The van der Waals surface area contributed by atoms with Crippen molar-refractivity contribution in [3.8, 4) is 0 Å². The number of hydrogen-bond acceptors (Lipinski definition) is 3. The molecule has 1 N–H and O–H groups in total. The first-order valence-electron chi connectivity index (χ1n) is 6.29. The van der Waals surface area contributed by atoms with Crippen molar-refractivity contribution in [3.63, 3.8) is 0 Å². The highest BCUT2D eigenvalue weighted by molar-refractivity contribution is 6.31. The molecule has 0 unspecified atom stereocenters.